The molecule has 142 valence electrons. The number of aryl methyl sites for hydroxylation is 2. The van der Waals surface area contributed by atoms with E-state index >= 15 is 0 Å². The first-order valence-electron chi connectivity index (χ1n) is 8.67. The Balaban J connectivity index is 1.90. The summed E-state index contributed by atoms with van der Waals surface area (Å²) in [5.74, 6) is 1.03. The van der Waals surface area contributed by atoms with Gasteiger partial charge in [0.15, 0.2) is 11.7 Å². The molecule has 0 radical (unpaired) electrons. The molecule has 1 unspecified atom stereocenters. The SMILES string of the molecule is CC1=C(c2nc(C)no2)C(c2ccc(F)cc2Cl)N=C(c2ncccc2C)N1. The van der Waals surface area contributed by atoms with E-state index in [1.54, 1.807) is 19.2 Å². The normalized spacial score (nSPS) is 16.8. The van der Waals surface area contributed by atoms with Crippen LogP contribution in [-0.4, -0.2) is 21.0 Å². The van der Waals surface area contributed by atoms with E-state index in [2.05, 4.69) is 20.4 Å². The zero-order chi connectivity index (χ0) is 19.8. The minimum absolute atomic E-state index is 0.272. The van der Waals surface area contributed by atoms with E-state index in [0.717, 1.165) is 17.0 Å². The Morgan fingerprint density at radius 1 is 1.18 bits per heavy atom. The largest absolute Gasteiger partial charge is 0.342 e. The summed E-state index contributed by atoms with van der Waals surface area (Å²) in [6, 6.07) is 7.53. The number of aliphatic imine (C=N–C) groups is 1. The minimum atomic E-state index is -0.550. The van der Waals surface area contributed by atoms with Gasteiger partial charge in [-0.2, -0.15) is 4.98 Å². The van der Waals surface area contributed by atoms with Crippen LogP contribution in [0.25, 0.3) is 5.57 Å². The minimum Gasteiger partial charge on any atom is -0.342 e. The molecular formula is C20H17ClFN5O. The van der Waals surface area contributed by atoms with E-state index in [1.807, 2.05) is 26.0 Å². The number of benzene rings is 1. The van der Waals surface area contributed by atoms with Crippen LogP contribution in [0.3, 0.4) is 0 Å². The zero-order valence-electron chi connectivity index (χ0n) is 15.5. The van der Waals surface area contributed by atoms with Crippen LogP contribution in [-0.2, 0) is 0 Å². The number of nitrogens with zero attached hydrogens (tertiary/aromatic N) is 4. The molecule has 1 aliphatic heterocycles. The average molecular weight is 398 g/mol. The van der Waals surface area contributed by atoms with Gasteiger partial charge in [-0.1, -0.05) is 28.9 Å². The second-order valence-corrected chi connectivity index (χ2v) is 6.93. The molecule has 2 aromatic heterocycles. The van der Waals surface area contributed by atoms with Gasteiger partial charge in [0.05, 0.1) is 5.57 Å². The van der Waals surface area contributed by atoms with Gasteiger partial charge in [0.1, 0.15) is 17.6 Å². The highest BCUT2D eigenvalue weighted by Crippen LogP contribution is 2.40. The molecule has 0 bridgehead atoms. The monoisotopic (exact) mass is 397 g/mol. The molecule has 0 saturated heterocycles. The van der Waals surface area contributed by atoms with Gasteiger partial charge in [0.25, 0.3) is 5.89 Å². The first-order valence-corrected chi connectivity index (χ1v) is 9.05. The van der Waals surface area contributed by atoms with E-state index in [0.29, 0.717) is 28.7 Å². The van der Waals surface area contributed by atoms with Crippen LogP contribution in [0, 0.1) is 19.7 Å². The Hall–Kier alpha value is -3.06. The summed E-state index contributed by atoms with van der Waals surface area (Å²) in [7, 11) is 0. The second kappa shape index (κ2) is 7.16. The molecule has 0 spiro atoms. The number of aromatic nitrogens is 3. The molecule has 1 aromatic carbocycles. The molecule has 0 saturated carbocycles. The van der Waals surface area contributed by atoms with Crippen LogP contribution in [0.2, 0.25) is 5.02 Å². The van der Waals surface area contributed by atoms with Crippen molar-refractivity contribution >= 4 is 23.0 Å². The molecule has 28 heavy (non-hydrogen) atoms. The van der Waals surface area contributed by atoms with Gasteiger partial charge in [-0.05, 0) is 44.5 Å². The van der Waals surface area contributed by atoms with Crippen LogP contribution in [0.4, 0.5) is 4.39 Å². The number of hydrogen-bond acceptors (Lipinski definition) is 6. The fourth-order valence-corrected chi connectivity index (χ4v) is 3.43. The van der Waals surface area contributed by atoms with Gasteiger partial charge in [-0.15, -0.1) is 0 Å². The predicted molar refractivity (Wildman–Crippen MR) is 104 cm³/mol. The van der Waals surface area contributed by atoms with Crippen LogP contribution in [0.5, 0.6) is 0 Å². The first kappa shape index (κ1) is 18.3. The van der Waals surface area contributed by atoms with Crippen molar-refractivity contribution in [3.05, 3.63) is 81.6 Å². The molecule has 0 amide bonds. The van der Waals surface area contributed by atoms with Crippen LogP contribution >= 0.6 is 11.6 Å². The van der Waals surface area contributed by atoms with Crippen molar-refractivity contribution in [1.82, 2.24) is 20.4 Å². The van der Waals surface area contributed by atoms with Crippen molar-refractivity contribution < 1.29 is 8.91 Å². The topological polar surface area (TPSA) is 76.2 Å². The third-order valence-electron chi connectivity index (χ3n) is 4.49. The predicted octanol–water partition coefficient (Wildman–Crippen LogP) is 4.40. The number of rotatable bonds is 3. The highest BCUT2D eigenvalue weighted by molar-refractivity contribution is 6.31. The Morgan fingerprint density at radius 3 is 2.68 bits per heavy atom. The van der Waals surface area contributed by atoms with Gasteiger partial charge in [-0.25, -0.2) is 4.39 Å². The lowest BCUT2D eigenvalue weighted by Crippen LogP contribution is -2.31. The maximum atomic E-state index is 13.6. The quantitative estimate of drug-likeness (QED) is 0.709. The molecule has 0 fully saturated rings. The van der Waals surface area contributed by atoms with E-state index in [1.165, 1.54) is 12.1 Å². The van der Waals surface area contributed by atoms with Crippen molar-refractivity contribution in [2.24, 2.45) is 4.99 Å². The van der Waals surface area contributed by atoms with E-state index in [9.17, 15) is 4.39 Å². The van der Waals surface area contributed by atoms with Crippen LogP contribution in [0.15, 0.2) is 51.7 Å². The molecule has 8 heteroatoms. The number of allylic oxidation sites excluding steroid dienone is 1. The van der Waals surface area contributed by atoms with Crippen molar-refractivity contribution in [2.45, 2.75) is 26.8 Å². The summed E-state index contributed by atoms with van der Waals surface area (Å²) < 4.78 is 19.0. The molecule has 6 nitrogen and oxygen atoms in total. The van der Waals surface area contributed by atoms with Gasteiger partial charge in [0.2, 0.25) is 0 Å². The fraction of sp³-hybridized carbons (Fsp3) is 0.200. The van der Waals surface area contributed by atoms with Crippen molar-refractivity contribution in [3.8, 4) is 0 Å². The molecule has 3 aromatic rings. The molecule has 1 atom stereocenters. The van der Waals surface area contributed by atoms with Gasteiger partial charge in [-0.3, -0.25) is 9.98 Å². The number of pyridine rings is 1. The highest BCUT2D eigenvalue weighted by Gasteiger charge is 2.31. The summed E-state index contributed by atoms with van der Waals surface area (Å²) in [6.07, 6.45) is 1.71. The number of amidine groups is 1. The molecule has 1 aliphatic rings. The van der Waals surface area contributed by atoms with Gasteiger partial charge < -0.3 is 9.84 Å². The second-order valence-electron chi connectivity index (χ2n) is 6.53. The fourth-order valence-electron chi connectivity index (χ4n) is 3.16. The highest BCUT2D eigenvalue weighted by atomic mass is 35.5. The number of hydrogen-bond donors (Lipinski definition) is 1. The van der Waals surface area contributed by atoms with E-state index in [-0.39, 0.29) is 5.02 Å². The van der Waals surface area contributed by atoms with Crippen LogP contribution in [0.1, 0.15) is 41.5 Å². The van der Waals surface area contributed by atoms with Crippen molar-refractivity contribution in [3.63, 3.8) is 0 Å². The maximum absolute atomic E-state index is 13.6. The van der Waals surface area contributed by atoms with Gasteiger partial charge >= 0.3 is 0 Å². The smallest absolute Gasteiger partial charge is 0.258 e. The lowest BCUT2D eigenvalue weighted by Gasteiger charge is -2.26. The third kappa shape index (κ3) is 3.29. The maximum Gasteiger partial charge on any atom is 0.258 e. The summed E-state index contributed by atoms with van der Waals surface area (Å²) in [6.45, 7) is 5.60. The van der Waals surface area contributed by atoms with E-state index in [4.69, 9.17) is 21.1 Å². The van der Waals surface area contributed by atoms with E-state index < -0.39 is 11.9 Å². The first-order chi connectivity index (χ1) is 13.4. The Morgan fingerprint density at radius 2 is 2.00 bits per heavy atom. The number of nitrogens with one attached hydrogen (secondary N) is 1. The number of halogens is 2. The summed E-state index contributed by atoms with van der Waals surface area (Å²) in [5, 5.41) is 7.44. The average Bonchev–Trinajstić information content (AvgIpc) is 3.07. The molecule has 4 rings (SSSR count). The van der Waals surface area contributed by atoms with Crippen LogP contribution < -0.4 is 5.32 Å². The van der Waals surface area contributed by atoms with Crippen molar-refractivity contribution in [1.29, 1.82) is 0 Å². The Kier molecular flexibility index (Phi) is 4.68. The zero-order valence-corrected chi connectivity index (χ0v) is 16.3. The lowest BCUT2D eigenvalue weighted by molar-refractivity contribution is 0.399. The van der Waals surface area contributed by atoms with Gasteiger partial charge in [0, 0.05) is 22.5 Å². The molecule has 1 N–H and O–H groups in total. The molecular weight excluding hydrogens is 381 g/mol. The molecule has 3 heterocycles. The standard InChI is InChI=1S/C20H17ClFN5O/c1-10-5-4-8-23-17(10)19-24-11(2)16(20-25-12(3)27-28-20)18(26-19)14-7-6-13(22)9-15(14)21/h4-9,18H,1-3H3,(H,24,26). The summed E-state index contributed by atoms with van der Waals surface area (Å²) >= 11 is 6.36. The lowest BCUT2D eigenvalue weighted by atomic mass is 9.95. The summed E-state index contributed by atoms with van der Waals surface area (Å²) in [5.41, 5.74) is 3.81. The third-order valence-corrected chi connectivity index (χ3v) is 4.82. The Labute approximate surface area is 166 Å². The summed E-state index contributed by atoms with van der Waals surface area (Å²) in [4.78, 5) is 13.6. The molecule has 0 aliphatic carbocycles. The Bertz CT molecular complexity index is 1120. The van der Waals surface area contributed by atoms with Crippen molar-refractivity contribution in [2.75, 3.05) is 0 Å².